The van der Waals surface area contributed by atoms with Crippen molar-refractivity contribution in [2.75, 3.05) is 0 Å². The number of hydrogen-bond donors (Lipinski definition) is 0. The summed E-state index contributed by atoms with van der Waals surface area (Å²) < 4.78 is 9.06. The fourth-order valence-electron chi connectivity index (χ4n) is 0.487. The highest BCUT2D eigenvalue weighted by atomic mass is 17.0. The summed E-state index contributed by atoms with van der Waals surface area (Å²) in [5.41, 5.74) is 0.874. The fraction of sp³-hybridized carbons (Fsp3) is 0. The van der Waals surface area contributed by atoms with Gasteiger partial charge in [0.1, 0.15) is 12.0 Å². The third kappa shape index (κ3) is 0.411. The minimum Gasteiger partial charge on any atom is -0.296 e. The Morgan fingerprint density at radius 1 is 1.50 bits per heavy atom. The van der Waals surface area contributed by atoms with Gasteiger partial charge in [-0.25, -0.2) is 4.98 Å². The molecular weight excluding hydrogens is 106 g/mol. The van der Waals surface area contributed by atoms with Crippen molar-refractivity contribution >= 4 is 0 Å². The molecule has 3 heteroatoms. The predicted octanol–water partition coefficient (Wildman–Crippen LogP) is 1.37. The molecule has 2 heterocycles. The van der Waals surface area contributed by atoms with E-state index in [1.807, 2.05) is 6.07 Å². The van der Waals surface area contributed by atoms with Crippen LogP contribution in [0.5, 0.6) is 0 Å². The summed E-state index contributed by atoms with van der Waals surface area (Å²) in [5.74, 6) is 0.593. The fourth-order valence-corrected chi connectivity index (χ4v) is 0.487. The molecule has 0 amide bonds. The van der Waals surface area contributed by atoms with Crippen molar-refractivity contribution < 1.29 is 9.15 Å². The normalized spacial score (nSPS) is 10.5. The molecule has 0 aromatic rings. The molecule has 0 aliphatic carbocycles. The molecule has 0 saturated carbocycles. The lowest BCUT2D eigenvalue weighted by atomic mass is 10.5. The average Bonchev–Trinajstić information content (AvgIpc) is 2.36. The van der Waals surface area contributed by atoms with Gasteiger partial charge >= 0.3 is 0 Å². The molecule has 0 radical (unpaired) electrons. The van der Waals surface area contributed by atoms with Crippen molar-refractivity contribution in [2.45, 2.75) is 0 Å². The minimum absolute atomic E-state index is 0.593. The number of hydrogen-bond acceptors (Lipinski definition) is 3. The molecule has 0 saturated heterocycles. The second-order valence-corrected chi connectivity index (χ2v) is 1.48. The van der Waals surface area contributed by atoms with Crippen LogP contribution in [0.1, 0.15) is 0 Å². The van der Waals surface area contributed by atoms with Gasteiger partial charge in [-0.15, -0.1) is 0 Å². The average molecular weight is 109 g/mol. The molecule has 0 bridgehead atoms. The van der Waals surface area contributed by atoms with Crippen LogP contribution in [-0.2, 0) is 0 Å². The number of aromatic nitrogens is 1. The highest BCUT2D eigenvalue weighted by Crippen LogP contribution is 2.22. The zero-order valence-electron chi connectivity index (χ0n) is 4.00. The minimum atomic E-state index is 0.593. The molecule has 0 aromatic heterocycles. The van der Waals surface area contributed by atoms with Crippen molar-refractivity contribution in [3.8, 4) is 11.6 Å². The first-order valence-corrected chi connectivity index (χ1v) is 2.26. The van der Waals surface area contributed by atoms with E-state index in [0.717, 1.165) is 5.69 Å². The van der Waals surface area contributed by atoms with Crippen LogP contribution in [0.25, 0.3) is 11.6 Å². The molecule has 2 aliphatic heterocycles. The van der Waals surface area contributed by atoms with Gasteiger partial charge in [0, 0.05) is 0 Å². The van der Waals surface area contributed by atoms with Crippen LogP contribution in [0.4, 0.5) is 0 Å². The van der Waals surface area contributed by atoms with Crippen LogP contribution in [0.2, 0.25) is 0 Å². The molecule has 2 aliphatic rings. The van der Waals surface area contributed by atoms with Crippen molar-refractivity contribution in [1.29, 1.82) is 0 Å². The lowest BCUT2D eigenvalue weighted by molar-refractivity contribution is 0.0580. The Balaban J connectivity index is 2.67. The van der Waals surface area contributed by atoms with E-state index in [1.165, 1.54) is 6.26 Å². The zero-order valence-corrected chi connectivity index (χ0v) is 4.00. The summed E-state index contributed by atoms with van der Waals surface area (Å²) in [5, 5.41) is 0. The molecule has 3 nitrogen and oxygen atoms in total. The van der Waals surface area contributed by atoms with Crippen LogP contribution < -0.4 is 0 Å². The van der Waals surface area contributed by atoms with E-state index in [2.05, 4.69) is 14.1 Å². The van der Waals surface area contributed by atoms with Gasteiger partial charge in [0.15, 0.2) is 0 Å². The van der Waals surface area contributed by atoms with Crippen LogP contribution in [0, 0.1) is 0 Å². The zero-order chi connectivity index (χ0) is 5.40. The van der Waals surface area contributed by atoms with Crippen molar-refractivity contribution in [1.82, 2.24) is 4.98 Å². The van der Waals surface area contributed by atoms with Crippen molar-refractivity contribution in [3.63, 3.8) is 0 Å². The number of rotatable bonds is 0. The third-order valence-corrected chi connectivity index (χ3v) is 0.906. The van der Waals surface area contributed by atoms with E-state index < -0.39 is 0 Å². The lowest BCUT2D eigenvalue weighted by Gasteiger charge is -1.62. The maximum atomic E-state index is 4.57. The summed E-state index contributed by atoms with van der Waals surface area (Å²) in [6, 6.07) is 3.56. The van der Waals surface area contributed by atoms with E-state index in [1.54, 1.807) is 6.07 Å². The second-order valence-electron chi connectivity index (χ2n) is 1.48. The maximum absolute atomic E-state index is 4.57. The first kappa shape index (κ1) is 3.72. The smallest absolute Gasteiger partial charge is 0.296 e. The Hall–Kier alpha value is -1.25. The number of fused-ring (bicyclic) bond motifs is 1. The molecule has 0 aromatic carbocycles. The highest BCUT2D eigenvalue weighted by Gasteiger charge is 2.14. The first-order valence-electron chi connectivity index (χ1n) is 2.26. The Bertz CT molecular complexity index is 224. The van der Waals surface area contributed by atoms with E-state index in [0.29, 0.717) is 5.89 Å². The molecule has 8 heavy (non-hydrogen) atoms. The Morgan fingerprint density at radius 3 is 3.50 bits per heavy atom. The van der Waals surface area contributed by atoms with Crippen molar-refractivity contribution in [2.24, 2.45) is 0 Å². The highest BCUT2D eigenvalue weighted by molar-refractivity contribution is 5.56. The first-order chi connectivity index (χ1) is 3.97. The van der Waals surface area contributed by atoms with Gasteiger partial charge in [0.25, 0.3) is 5.89 Å². The van der Waals surface area contributed by atoms with Crippen LogP contribution in [0.3, 0.4) is 0 Å². The summed E-state index contributed by atoms with van der Waals surface area (Å²) in [6.45, 7) is 0. The third-order valence-electron chi connectivity index (χ3n) is 0.906. The SMILES string of the molecule is c1cooc2nc-2c1. The molecule has 0 atom stereocenters. The van der Waals surface area contributed by atoms with E-state index in [4.69, 9.17) is 0 Å². The Labute approximate surface area is 45.2 Å². The van der Waals surface area contributed by atoms with Gasteiger partial charge in [0.05, 0.1) is 0 Å². The van der Waals surface area contributed by atoms with Gasteiger partial charge in [-0.3, -0.25) is 9.15 Å². The van der Waals surface area contributed by atoms with E-state index in [9.17, 15) is 0 Å². The topological polar surface area (TPSA) is 39.2 Å². The summed E-state index contributed by atoms with van der Waals surface area (Å²) in [7, 11) is 0. The maximum Gasteiger partial charge on any atom is 0.296 e. The van der Waals surface area contributed by atoms with Crippen molar-refractivity contribution in [3.05, 3.63) is 18.4 Å². The second kappa shape index (κ2) is 1.12. The standard InChI is InChI=1S/C5H3NO2/c1-2-4-5(6-4)8-7-3-1/h1-3H. The van der Waals surface area contributed by atoms with Gasteiger partial charge in [-0.1, -0.05) is 0 Å². The monoisotopic (exact) mass is 109 g/mol. The van der Waals surface area contributed by atoms with Crippen LogP contribution in [0.15, 0.2) is 27.5 Å². The largest absolute Gasteiger partial charge is 0.296 e. The molecule has 0 N–H and O–H groups in total. The summed E-state index contributed by atoms with van der Waals surface area (Å²) in [6.07, 6.45) is 1.46. The van der Waals surface area contributed by atoms with E-state index >= 15 is 0 Å². The van der Waals surface area contributed by atoms with Crippen LogP contribution in [-0.4, -0.2) is 4.98 Å². The Kier molecular flexibility index (Phi) is 0.521. The lowest BCUT2D eigenvalue weighted by Crippen LogP contribution is -1.36. The van der Waals surface area contributed by atoms with Gasteiger partial charge in [-0.05, 0) is 12.1 Å². The Morgan fingerprint density at radius 2 is 2.50 bits per heavy atom. The summed E-state index contributed by atoms with van der Waals surface area (Å²) >= 11 is 0. The predicted molar refractivity (Wildman–Crippen MR) is 25.4 cm³/mol. The molecule has 2 rings (SSSR count). The van der Waals surface area contributed by atoms with Gasteiger partial charge in [-0.2, -0.15) is 0 Å². The van der Waals surface area contributed by atoms with Gasteiger partial charge in [0.2, 0.25) is 0 Å². The molecule has 0 spiro atoms. The molecule has 0 unspecified atom stereocenters. The van der Waals surface area contributed by atoms with E-state index in [-0.39, 0.29) is 0 Å². The summed E-state index contributed by atoms with van der Waals surface area (Å²) in [4.78, 5) is 3.79. The molecule has 40 valence electrons. The molecule has 0 fully saturated rings. The quantitative estimate of drug-likeness (QED) is 0.479. The molecular formula is C5H3NO2. The number of nitrogens with zero attached hydrogens (tertiary/aromatic N) is 1. The van der Waals surface area contributed by atoms with Gasteiger partial charge < -0.3 is 0 Å². The van der Waals surface area contributed by atoms with Crippen LogP contribution >= 0.6 is 0 Å².